The van der Waals surface area contributed by atoms with Crippen LogP contribution in [-0.2, 0) is 0 Å². The number of aliphatic hydroxyl groups is 3. The summed E-state index contributed by atoms with van der Waals surface area (Å²) in [5.41, 5.74) is -0.313. The molecule has 0 amide bonds. The van der Waals surface area contributed by atoms with Crippen molar-refractivity contribution in [2.75, 3.05) is 6.61 Å². The Bertz CT molecular complexity index is 503. The number of fused-ring (bicyclic) bond motifs is 3. The summed E-state index contributed by atoms with van der Waals surface area (Å²) in [6.45, 7) is 6.94. The van der Waals surface area contributed by atoms with Crippen molar-refractivity contribution in [1.29, 1.82) is 0 Å². The normalized spacial score (nSPS) is 57.7. The van der Waals surface area contributed by atoms with Crippen molar-refractivity contribution in [2.45, 2.75) is 83.8 Å². The molecule has 0 aliphatic heterocycles. The molecule has 3 heteroatoms. The average molecular weight is 322 g/mol. The van der Waals surface area contributed by atoms with E-state index in [4.69, 9.17) is 0 Å². The van der Waals surface area contributed by atoms with E-state index >= 15 is 0 Å². The smallest absolute Gasteiger partial charge is 0.0910 e. The first kappa shape index (κ1) is 16.4. The van der Waals surface area contributed by atoms with Crippen molar-refractivity contribution in [2.24, 2.45) is 34.0 Å². The maximum atomic E-state index is 10.9. The van der Waals surface area contributed by atoms with Crippen molar-refractivity contribution in [3.8, 4) is 0 Å². The fourth-order valence-electron chi connectivity index (χ4n) is 7.91. The molecule has 7 atom stereocenters. The number of hydrogen-bond acceptors (Lipinski definition) is 3. The zero-order valence-corrected chi connectivity index (χ0v) is 15.0. The van der Waals surface area contributed by atoms with E-state index in [2.05, 4.69) is 20.8 Å². The summed E-state index contributed by atoms with van der Waals surface area (Å²) in [7, 11) is 0. The van der Waals surface area contributed by atoms with E-state index in [1.54, 1.807) is 0 Å². The summed E-state index contributed by atoms with van der Waals surface area (Å²) >= 11 is 0. The molecule has 5 fully saturated rings. The van der Waals surface area contributed by atoms with Gasteiger partial charge in [-0.3, -0.25) is 0 Å². The zero-order chi connectivity index (χ0) is 16.7. The second kappa shape index (κ2) is 4.74. The highest BCUT2D eigenvalue weighted by Gasteiger charge is 2.67. The van der Waals surface area contributed by atoms with Gasteiger partial charge in [0.25, 0.3) is 0 Å². The number of hydrogen-bond donors (Lipinski definition) is 3. The highest BCUT2D eigenvalue weighted by molar-refractivity contribution is 5.17. The highest BCUT2D eigenvalue weighted by Crippen LogP contribution is 2.72. The molecular weight excluding hydrogens is 288 g/mol. The Balaban J connectivity index is 1.72. The largest absolute Gasteiger partial charge is 0.393 e. The lowest BCUT2D eigenvalue weighted by Crippen LogP contribution is -2.66. The summed E-state index contributed by atoms with van der Waals surface area (Å²) in [5, 5.41) is 31.3. The Morgan fingerprint density at radius 3 is 2.35 bits per heavy atom. The molecule has 5 saturated carbocycles. The second-order valence-corrected chi connectivity index (χ2v) is 10.3. The molecule has 7 unspecified atom stereocenters. The molecule has 3 N–H and O–H groups in total. The average Bonchev–Trinajstić information content (AvgIpc) is 2.51. The van der Waals surface area contributed by atoms with Gasteiger partial charge in [0.05, 0.1) is 18.3 Å². The number of rotatable bonds is 1. The summed E-state index contributed by atoms with van der Waals surface area (Å²) in [5.74, 6) is 1.51. The lowest BCUT2D eigenvalue weighted by Gasteiger charge is -2.70. The standard InChI is InChI=1S/C20H34O3/c1-17(2)14-5-9-19-8-4-13(20(23,11-19)12-21)10-15(19)18(14,3)7-6-16(17)22/h13-16,21-23H,4-12H2,1-3H3. The van der Waals surface area contributed by atoms with E-state index < -0.39 is 5.60 Å². The van der Waals surface area contributed by atoms with Crippen molar-refractivity contribution < 1.29 is 15.3 Å². The van der Waals surface area contributed by atoms with E-state index in [1.807, 2.05) is 0 Å². The van der Waals surface area contributed by atoms with Gasteiger partial charge in [0.15, 0.2) is 0 Å². The van der Waals surface area contributed by atoms with Crippen LogP contribution in [0.1, 0.15) is 72.1 Å². The molecule has 0 heterocycles. The molecule has 132 valence electrons. The molecule has 23 heavy (non-hydrogen) atoms. The second-order valence-electron chi connectivity index (χ2n) is 10.3. The van der Waals surface area contributed by atoms with Crippen molar-refractivity contribution in [3.05, 3.63) is 0 Å². The van der Waals surface area contributed by atoms with E-state index in [0.717, 1.165) is 32.1 Å². The summed E-state index contributed by atoms with van der Waals surface area (Å²) in [6.07, 6.45) is 8.40. The van der Waals surface area contributed by atoms with Crippen LogP contribution < -0.4 is 0 Å². The molecule has 0 aromatic rings. The van der Waals surface area contributed by atoms with Gasteiger partial charge in [-0.15, -0.1) is 0 Å². The monoisotopic (exact) mass is 322 g/mol. The first-order valence-electron chi connectivity index (χ1n) is 9.69. The van der Waals surface area contributed by atoms with E-state index in [0.29, 0.717) is 11.8 Å². The van der Waals surface area contributed by atoms with Crippen LogP contribution in [0.3, 0.4) is 0 Å². The SMILES string of the molecule is CC1(C)C(O)CCC2(C)C3CC4CCC3(CCC12)CC4(O)CO. The minimum Gasteiger partial charge on any atom is -0.393 e. The highest BCUT2D eigenvalue weighted by atomic mass is 16.3. The third-order valence-corrected chi connectivity index (χ3v) is 9.18. The van der Waals surface area contributed by atoms with E-state index in [1.165, 1.54) is 19.3 Å². The van der Waals surface area contributed by atoms with Crippen LogP contribution in [0.5, 0.6) is 0 Å². The number of aliphatic hydroxyl groups excluding tert-OH is 2. The lowest BCUT2D eigenvalue weighted by atomic mass is 9.35. The van der Waals surface area contributed by atoms with Crippen LogP contribution in [0, 0.1) is 34.0 Å². The first-order chi connectivity index (χ1) is 10.7. The van der Waals surface area contributed by atoms with E-state index in [9.17, 15) is 15.3 Å². The van der Waals surface area contributed by atoms with Gasteiger partial charge in [0.2, 0.25) is 0 Å². The minimum absolute atomic E-state index is 0.00141. The Morgan fingerprint density at radius 1 is 0.957 bits per heavy atom. The molecule has 0 saturated heterocycles. The molecular formula is C20H34O3. The third-order valence-electron chi connectivity index (χ3n) is 9.18. The third kappa shape index (κ3) is 1.93. The van der Waals surface area contributed by atoms with Crippen molar-refractivity contribution in [3.63, 3.8) is 0 Å². The van der Waals surface area contributed by atoms with Gasteiger partial charge in [-0.25, -0.2) is 0 Å². The Hall–Kier alpha value is -0.120. The van der Waals surface area contributed by atoms with Gasteiger partial charge in [0.1, 0.15) is 0 Å². The molecule has 0 aromatic heterocycles. The zero-order valence-electron chi connectivity index (χ0n) is 15.0. The van der Waals surface area contributed by atoms with Crippen LogP contribution in [0.2, 0.25) is 0 Å². The van der Waals surface area contributed by atoms with Crippen LogP contribution in [0.25, 0.3) is 0 Å². The topological polar surface area (TPSA) is 60.7 Å². The Morgan fingerprint density at radius 2 is 1.65 bits per heavy atom. The minimum atomic E-state index is -0.832. The van der Waals surface area contributed by atoms with Crippen LogP contribution in [-0.4, -0.2) is 33.6 Å². The quantitative estimate of drug-likeness (QED) is 0.695. The summed E-state index contributed by atoms with van der Waals surface area (Å²) in [4.78, 5) is 0. The molecule has 5 aliphatic carbocycles. The summed E-state index contributed by atoms with van der Waals surface area (Å²) in [6, 6.07) is 0. The van der Waals surface area contributed by atoms with Crippen molar-refractivity contribution in [1.82, 2.24) is 0 Å². The predicted octanol–water partition coefficient (Wildman–Crippen LogP) is 3.11. The van der Waals surface area contributed by atoms with Gasteiger partial charge in [-0.05, 0) is 85.4 Å². The fraction of sp³-hybridized carbons (Fsp3) is 1.00. The van der Waals surface area contributed by atoms with E-state index in [-0.39, 0.29) is 34.9 Å². The molecule has 2 bridgehead atoms. The predicted molar refractivity (Wildman–Crippen MR) is 89.8 cm³/mol. The van der Waals surface area contributed by atoms with Gasteiger partial charge < -0.3 is 15.3 Å². The molecule has 0 aromatic carbocycles. The first-order valence-corrected chi connectivity index (χ1v) is 9.69. The molecule has 3 nitrogen and oxygen atoms in total. The Kier molecular flexibility index (Phi) is 3.37. The molecule has 5 rings (SSSR count). The molecule has 1 spiro atoms. The Labute approximate surface area is 140 Å². The van der Waals surface area contributed by atoms with Gasteiger partial charge in [0, 0.05) is 0 Å². The van der Waals surface area contributed by atoms with Crippen LogP contribution in [0.15, 0.2) is 0 Å². The van der Waals surface area contributed by atoms with Gasteiger partial charge in [-0.2, -0.15) is 0 Å². The molecule has 0 radical (unpaired) electrons. The fourth-order valence-corrected chi connectivity index (χ4v) is 7.91. The van der Waals surface area contributed by atoms with Crippen LogP contribution >= 0.6 is 0 Å². The maximum Gasteiger partial charge on any atom is 0.0910 e. The van der Waals surface area contributed by atoms with Crippen LogP contribution in [0.4, 0.5) is 0 Å². The summed E-state index contributed by atoms with van der Waals surface area (Å²) < 4.78 is 0. The maximum absolute atomic E-state index is 10.9. The van der Waals surface area contributed by atoms with Gasteiger partial charge in [-0.1, -0.05) is 20.8 Å². The van der Waals surface area contributed by atoms with Gasteiger partial charge >= 0.3 is 0 Å². The molecule has 5 aliphatic rings. The van der Waals surface area contributed by atoms with Crippen molar-refractivity contribution >= 4 is 0 Å². The lowest BCUT2D eigenvalue weighted by molar-refractivity contribution is -0.252.